The maximum Gasteiger partial charge on any atom is 0.226 e. The van der Waals surface area contributed by atoms with Gasteiger partial charge in [-0.25, -0.2) is 0 Å². The molecule has 0 unspecified atom stereocenters. The Morgan fingerprint density at radius 1 is 1.47 bits per heavy atom. The molecule has 0 heterocycles. The van der Waals surface area contributed by atoms with Crippen molar-refractivity contribution in [3.63, 3.8) is 0 Å². The molecule has 0 saturated heterocycles. The second-order valence-electron chi connectivity index (χ2n) is 4.14. The Morgan fingerprint density at radius 2 is 2.18 bits per heavy atom. The van der Waals surface area contributed by atoms with Crippen molar-refractivity contribution in [2.24, 2.45) is 0 Å². The summed E-state index contributed by atoms with van der Waals surface area (Å²) in [5.74, 6) is 0.793. The fourth-order valence-electron chi connectivity index (χ4n) is 1.50. The number of anilines is 1. The molecule has 0 fully saturated rings. The van der Waals surface area contributed by atoms with Crippen molar-refractivity contribution < 1.29 is 14.6 Å². The molecule has 0 aliphatic heterocycles. The number of benzene rings is 1. The number of hydrogen-bond donors (Lipinski definition) is 2. The molecule has 4 nitrogen and oxygen atoms in total. The van der Waals surface area contributed by atoms with E-state index >= 15 is 0 Å². The van der Waals surface area contributed by atoms with Crippen LogP contribution in [0.4, 0.5) is 5.69 Å². The third kappa shape index (κ3) is 3.75. The molecule has 0 aliphatic rings. The van der Waals surface area contributed by atoms with Crippen LogP contribution in [-0.4, -0.2) is 24.7 Å². The quantitative estimate of drug-likeness (QED) is 0.824. The molecule has 1 aromatic rings. The SMILES string of the molecule is COc1ccc(C(C)C)cc1NC(=O)CCO. The monoisotopic (exact) mass is 237 g/mol. The van der Waals surface area contributed by atoms with Gasteiger partial charge in [-0.1, -0.05) is 19.9 Å². The van der Waals surface area contributed by atoms with E-state index in [1.165, 1.54) is 0 Å². The van der Waals surface area contributed by atoms with Gasteiger partial charge in [-0.05, 0) is 23.6 Å². The molecule has 0 atom stereocenters. The van der Waals surface area contributed by atoms with E-state index in [0.717, 1.165) is 5.56 Å². The number of aliphatic hydroxyl groups is 1. The molecular formula is C13H19NO3. The maximum absolute atomic E-state index is 11.4. The standard InChI is InChI=1S/C13H19NO3/c1-9(2)10-4-5-12(17-3)11(8-10)14-13(16)6-7-15/h4-5,8-9,15H,6-7H2,1-3H3,(H,14,16). The first-order valence-corrected chi connectivity index (χ1v) is 5.67. The van der Waals surface area contributed by atoms with Crippen LogP contribution in [0.2, 0.25) is 0 Å². The fourth-order valence-corrected chi connectivity index (χ4v) is 1.50. The molecule has 4 heteroatoms. The van der Waals surface area contributed by atoms with Gasteiger partial charge >= 0.3 is 0 Å². The van der Waals surface area contributed by atoms with Crippen molar-refractivity contribution >= 4 is 11.6 Å². The Kier molecular flexibility index (Phi) is 4.97. The van der Waals surface area contributed by atoms with E-state index in [0.29, 0.717) is 17.4 Å². The second kappa shape index (κ2) is 6.25. The predicted octanol–water partition coefficient (Wildman–Crippen LogP) is 2.14. The van der Waals surface area contributed by atoms with Gasteiger partial charge in [-0.15, -0.1) is 0 Å². The van der Waals surface area contributed by atoms with Crippen molar-refractivity contribution in [1.29, 1.82) is 0 Å². The first kappa shape index (κ1) is 13.5. The highest BCUT2D eigenvalue weighted by atomic mass is 16.5. The minimum Gasteiger partial charge on any atom is -0.495 e. The first-order valence-electron chi connectivity index (χ1n) is 5.67. The van der Waals surface area contributed by atoms with Crippen LogP contribution < -0.4 is 10.1 Å². The van der Waals surface area contributed by atoms with Crippen LogP contribution in [-0.2, 0) is 4.79 Å². The highest BCUT2D eigenvalue weighted by Crippen LogP contribution is 2.28. The summed E-state index contributed by atoms with van der Waals surface area (Å²) in [6.07, 6.45) is 0.0923. The Bertz CT molecular complexity index is 388. The van der Waals surface area contributed by atoms with Crippen LogP contribution in [0.15, 0.2) is 18.2 Å². The van der Waals surface area contributed by atoms with E-state index in [-0.39, 0.29) is 18.9 Å². The van der Waals surface area contributed by atoms with Crippen LogP contribution >= 0.6 is 0 Å². The highest BCUT2D eigenvalue weighted by Gasteiger charge is 2.09. The Morgan fingerprint density at radius 3 is 2.71 bits per heavy atom. The lowest BCUT2D eigenvalue weighted by molar-refractivity contribution is -0.116. The van der Waals surface area contributed by atoms with E-state index in [2.05, 4.69) is 19.2 Å². The highest BCUT2D eigenvalue weighted by molar-refractivity contribution is 5.92. The smallest absolute Gasteiger partial charge is 0.226 e. The summed E-state index contributed by atoms with van der Waals surface area (Å²) < 4.78 is 5.18. The average Bonchev–Trinajstić information content (AvgIpc) is 2.29. The van der Waals surface area contributed by atoms with Gasteiger partial charge in [-0.3, -0.25) is 4.79 Å². The lowest BCUT2D eigenvalue weighted by Gasteiger charge is -2.13. The van der Waals surface area contributed by atoms with Crippen LogP contribution in [0.5, 0.6) is 5.75 Å². The fraction of sp³-hybridized carbons (Fsp3) is 0.462. The molecule has 2 N–H and O–H groups in total. The average molecular weight is 237 g/mol. The lowest BCUT2D eigenvalue weighted by atomic mass is 10.0. The molecule has 94 valence electrons. The lowest BCUT2D eigenvalue weighted by Crippen LogP contribution is -2.13. The zero-order valence-electron chi connectivity index (χ0n) is 10.5. The predicted molar refractivity (Wildman–Crippen MR) is 67.4 cm³/mol. The number of nitrogens with one attached hydrogen (secondary N) is 1. The number of carbonyl (C=O) groups is 1. The molecule has 1 amide bonds. The van der Waals surface area contributed by atoms with Crippen molar-refractivity contribution in [3.05, 3.63) is 23.8 Å². The number of hydrogen-bond acceptors (Lipinski definition) is 3. The van der Waals surface area contributed by atoms with Crippen LogP contribution in [0.25, 0.3) is 0 Å². The summed E-state index contributed by atoms with van der Waals surface area (Å²) in [5, 5.41) is 11.4. The van der Waals surface area contributed by atoms with Gasteiger partial charge in [0.2, 0.25) is 5.91 Å². The molecule has 0 aromatic heterocycles. The molecule has 0 spiro atoms. The van der Waals surface area contributed by atoms with Crippen LogP contribution in [0, 0.1) is 0 Å². The van der Waals surface area contributed by atoms with E-state index in [1.807, 2.05) is 18.2 Å². The zero-order valence-corrected chi connectivity index (χ0v) is 10.5. The number of amides is 1. The third-order valence-electron chi connectivity index (χ3n) is 2.50. The van der Waals surface area contributed by atoms with Crippen molar-refractivity contribution in [1.82, 2.24) is 0 Å². The van der Waals surface area contributed by atoms with Gasteiger partial charge in [0, 0.05) is 0 Å². The van der Waals surface area contributed by atoms with Crippen molar-refractivity contribution in [2.45, 2.75) is 26.2 Å². The van der Waals surface area contributed by atoms with Gasteiger partial charge < -0.3 is 15.2 Å². The van der Waals surface area contributed by atoms with Gasteiger partial charge in [0.1, 0.15) is 5.75 Å². The molecule has 0 bridgehead atoms. The number of aliphatic hydroxyl groups excluding tert-OH is 1. The first-order chi connectivity index (χ1) is 8.08. The summed E-state index contributed by atoms with van der Waals surface area (Å²) in [4.78, 5) is 11.4. The normalized spacial score (nSPS) is 10.4. The molecular weight excluding hydrogens is 218 g/mol. The molecule has 17 heavy (non-hydrogen) atoms. The molecule has 0 saturated carbocycles. The molecule has 0 aliphatic carbocycles. The Balaban J connectivity index is 2.93. The van der Waals surface area contributed by atoms with E-state index in [9.17, 15) is 4.79 Å². The Hall–Kier alpha value is -1.55. The van der Waals surface area contributed by atoms with Gasteiger partial charge in [0.15, 0.2) is 0 Å². The summed E-state index contributed by atoms with van der Waals surface area (Å²) in [5.41, 5.74) is 1.78. The minimum atomic E-state index is -0.216. The molecule has 1 rings (SSSR count). The molecule has 0 radical (unpaired) electrons. The van der Waals surface area contributed by atoms with Crippen molar-refractivity contribution in [2.75, 3.05) is 19.0 Å². The minimum absolute atomic E-state index is 0.0923. The van der Waals surface area contributed by atoms with Crippen LogP contribution in [0.1, 0.15) is 31.7 Å². The zero-order chi connectivity index (χ0) is 12.8. The number of methoxy groups -OCH3 is 1. The number of carbonyl (C=O) groups excluding carboxylic acids is 1. The van der Waals surface area contributed by atoms with E-state index < -0.39 is 0 Å². The largest absolute Gasteiger partial charge is 0.495 e. The van der Waals surface area contributed by atoms with Gasteiger partial charge in [0.25, 0.3) is 0 Å². The van der Waals surface area contributed by atoms with Crippen LogP contribution in [0.3, 0.4) is 0 Å². The number of rotatable bonds is 5. The van der Waals surface area contributed by atoms with Gasteiger partial charge in [0.05, 0.1) is 25.8 Å². The number of ether oxygens (including phenoxy) is 1. The Labute approximate surface area is 102 Å². The summed E-state index contributed by atoms with van der Waals surface area (Å²) in [7, 11) is 1.56. The summed E-state index contributed by atoms with van der Waals surface area (Å²) in [6, 6.07) is 5.72. The van der Waals surface area contributed by atoms with Gasteiger partial charge in [-0.2, -0.15) is 0 Å². The second-order valence-corrected chi connectivity index (χ2v) is 4.14. The topological polar surface area (TPSA) is 58.6 Å². The molecule has 1 aromatic carbocycles. The van der Waals surface area contributed by atoms with E-state index in [1.54, 1.807) is 7.11 Å². The maximum atomic E-state index is 11.4. The summed E-state index contributed by atoms with van der Waals surface area (Å²) >= 11 is 0. The van der Waals surface area contributed by atoms with E-state index in [4.69, 9.17) is 9.84 Å². The summed E-state index contributed by atoms with van der Waals surface area (Å²) in [6.45, 7) is 4.01. The third-order valence-corrected chi connectivity index (χ3v) is 2.50. The van der Waals surface area contributed by atoms with Crippen molar-refractivity contribution in [3.8, 4) is 5.75 Å².